The summed E-state index contributed by atoms with van der Waals surface area (Å²) in [6.07, 6.45) is 4.89. The lowest BCUT2D eigenvalue weighted by atomic mass is 9.94. The standard InChI is InChI=1S/C16H17F2NO3S/c1-9-14(15(19-22-9)10-5-3-4-6-10)11-7-12(17)16(13(18)8-11)23(2,20)21/h7-8,10H,3-6H2,1-2H3. The van der Waals surface area contributed by atoms with E-state index in [2.05, 4.69) is 5.16 Å². The third kappa shape index (κ3) is 2.89. The van der Waals surface area contributed by atoms with Crippen LogP contribution in [0.4, 0.5) is 8.78 Å². The molecule has 0 bridgehead atoms. The van der Waals surface area contributed by atoms with Gasteiger partial charge in [-0.3, -0.25) is 0 Å². The van der Waals surface area contributed by atoms with E-state index in [9.17, 15) is 17.2 Å². The van der Waals surface area contributed by atoms with Crippen molar-refractivity contribution in [1.82, 2.24) is 5.16 Å². The Morgan fingerprint density at radius 3 is 2.26 bits per heavy atom. The Morgan fingerprint density at radius 2 is 1.74 bits per heavy atom. The Labute approximate surface area is 133 Å². The van der Waals surface area contributed by atoms with Crippen molar-refractivity contribution in [3.63, 3.8) is 0 Å². The van der Waals surface area contributed by atoms with Crippen LogP contribution >= 0.6 is 0 Å². The van der Waals surface area contributed by atoms with Crippen molar-refractivity contribution < 1.29 is 21.7 Å². The number of rotatable bonds is 3. The van der Waals surface area contributed by atoms with Crippen LogP contribution in [0.3, 0.4) is 0 Å². The Kier molecular flexibility index (Phi) is 4.00. The lowest BCUT2D eigenvalue weighted by Crippen LogP contribution is -2.05. The summed E-state index contributed by atoms with van der Waals surface area (Å²) in [5.74, 6) is -1.51. The van der Waals surface area contributed by atoms with Crippen molar-refractivity contribution in [3.8, 4) is 11.1 Å². The van der Waals surface area contributed by atoms with Crippen molar-refractivity contribution in [3.05, 3.63) is 35.2 Å². The van der Waals surface area contributed by atoms with E-state index in [0.717, 1.165) is 44.1 Å². The Morgan fingerprint density at radius 1 is 1.17 bits per heavy atom. The summed E-state index contributed by atoms with van der Waals surface area (Å²) in [7, 11) is -3.97. The number of sulfone groups is 1. The minimum absolute atomic E-state index is 0.211. The van der Waals surface area contributed by atoms with Gasteiger partial charge in [0.1, 0.15) is 22.3 Å². The number of benzene rings is 1. The molecule has 0 spiro atoms. The van der Waals surface area contributed by atoms with Crippen LogP contribution < -0.4 is 0 Å². The van der Waals surface area contributed by atoms with Crippen molar-refractivity contribution in [2.45, 2.75) is 43.4 Å². The van der Waals surface area contributed by atoms with Gasteiger partial charge < -0.3 is 4.52 Å². The summed E-state index contributed by atoms with van der Waals surface area (Å²) >= 11 is 0. The van der Waals surface area contributed by atoms with Crippen LogP contribution in [0.1, 0.15) is 43.1 Å². The van der Waals surface area contributed by atoms with Gasteiger partial charge in [0.05, 0.1) is 5.69 Å². The van der Waals surface area contributed by atoms with Gasteiger partial charge in [-0.15, -0.1) is 0 Å². The molecular weight excluding hydrogens is 324 g/mol. The molecule has 124 valence electrons. The minimum atomic E-state index is -3.97. The lowest BCUT2D eigenvalue weighted by molar-refractivity contribution is 0.385. The van der Waals surface area contributed by atoms with Crippen LogP contribution in [0.15, 0.2) is 21.6 Å². The third-order valence-corrected chi connectivity index (χ3v) is 5.42. The second-order valence-electron chi connectivity index (χ2n) is 6.02. The maximum absolute atomic E-state index is 14.2. The molecule has 3 rings (SSSR count). The van der Waals surface area contributed by atoms with E-state index in [0.29, 0.717) is 17.0 Å². The van der Waals surface area contributed by atoms with Crippen LogP contribution in [0.2, 0.25) is 0 Å². The average Bonchev–Trinajstić information content (AvgIpc) is 3.04. The summed E-state index contributed by atoms with van der Waals surface area (Å²) < 4.78 is 56.6. The zero-order valence-corrected chi connectivity index (χ0v) is 13.7. The Bertz CT molecular complexity index is 829. The number of hydrogen-bond donors (Lipinski definition) is 0. The van der Waals surface area contributed by atoms with Crippen LogP contribution in [-0.4, -0.2) is 19.8 Å². The van der Waals surface area contributed by atoms with E-state index in [1.54, 1.807) is 6.92 Å². The highest BCUT2D eigenvalue weighted by molar-refractivity contribution is 7.90. The summed E-state index contributed by atoms with van der Waals surface area (Å²) in [5.41, 5.74) is 1.52. The lowest BCUT2D eigenvalue weighted by Gasteiger charge is -2.10. The molecule has 0 atom stereocenters. The molecule has 23 heavy (non-hydrogen) atoms. The predicted octanol–water partition coefficient (Wildman–Crippen LogP) is 3.99. The maximum atomic E-state index is 14.2. The maximum Gasteiger partial charge on any atom is 0.181 e. The molecule has 0 unspecified atom stereocenters. The molecule has 7 heteroatoms. The molecule has 0 radical (unpaired) electrons. The van der Waals surface area contributed by atoms with Gasteiger partial charge in [-0.05, 0) is 37.5 Å². The summed E-state index contributed by atoms with van der Waals surface area (Å²) in [6.45, 7) is 1.68. The van der Waals surface area contributed by atoms with E-state index in [4.69, 9.17) is 4.52 Å². The first-order valence-corrected chi connectivity index (χ1v) is 9.34. The van der Waals surface area contributed by atoms with E-state index < -0.39 is 26.4 Å². The van der Waals surface area contributed by atoms with E-state index >= 15 is 0 Å². The first-order valence-electron chi connectivity index (χ1n) is 7.44. The highest BCUT2D eigenvalue weighted by Gasteiger charge is 2.28. The minimum Gasteiger partial charge on any atom is -0.361 e. The molecular formula is C16H17F2NO3S. The molecule has 1 saturated carbocycles. The monoisotopic (exact) mass is 341 g/mol. The highest BCUT2D eigenvalue weighted by Crippen LogP contribution is 2.40. The second-order valence-corrected chi connectivity index (χ2v) is 7.97. The summed E-state index contributed by atoms with van der Waals surface area (Å²) in [5, 5.41) is 4.07. The number of aromatic nitrogens is 1. The molecule has 2 aromatic rings. The van der Waals surface area contributed by atoms with Gasteiger partial charge in [0, 0.05) is 17.7 Å². The van der Waals surface area contributed by atoms with Crippen molar-refractivity contribution in [1.29, 1.82) is 0 Å². The van der Waals surface area contributed by atoms with Gasteiger partial charge in [0.2, 0.25) is 0 Å². The quantitative estimate of drug-likeness (QED) is 0.847. The topological polar surface area (TPSA) is 60.2 Å². The SMILES string of the molecule is Cc1onc(C2CCCC2)c1-c1cc(F)c(S(C)(=O)=O)c(F)c1. The fourth-order valence-corrected chi connectivity index (χ4v) is 4.10. The van der Waals surface area contributed by atoms with Gasteiger partial charge >= 0.3 is 0 Å². The Balaban J connectivity index is 2.15. The highest BCUT2D eigenvalue weighted by atomic mass is 32.2. The van der Waals surface area contributed by atoms with Crippen molar-refractivity contribution in [2.24, 2.45) is 0 Å². The van der Waals surface area contributed by atoms with Gasteiger partial charge in [0.25, 0.3) is 0 Å². The van der Waals surface area contributed by atoms with Crippen molar-refractivity contribution >= 4 is 9.84 Å². The fourth-order valence-electron chi connectivity index (χ4n) is 3.28. The van der Waals surface area contributed by atoms with E-state index in [1.165, 1.54) is 0 Å². The van der Waals surface area contributed by atoms with Gasteiger partial charge in [-0.25, -0.2) is 17.2 Å². The largest absolute Gasteiger partial charge is 0.361 e. The normalized spacial score (nSPS) is 16.2. The predicted molar refractivity (Wildman–Crippen MR) is 80.9 cm³/mol. The van der Waals surface area contributed by atoms with E-state index in [-0.39, 0.29) is 11.5 Å². The van der Waals surface area contributed by atoms with Crippen LogP contribution in [-0.2, 0) is 9.84 Å². The van der Waals surface area contributed by atoms with Crippen LogP contribution in [0.25, 0.3) is 11.1 Å². The fraction of sp³-hybridized carbons (Fsp3) is 0.438. The molecule has 1 fully saturated rings. The van der Waals surface area contributed by atoms with Gasteiger partial charge in [-0.1, -0.05) is 18.0 Å². The zero-order valence-electron chi connectivity index (χ0n) is 12.9. The van der Waals surface area contributed by atoms with E-state index in [1.807, 2.05) is 0 Å². The smallest absolute Gasteiger partial charge is 0.181 e. The molecule has 1 aliphatic rings. The molecule has 0 aliphatic heterocycles. The molecule has 1 aliphatic carbocycles. The molecule has 0 saturated heterocycles. The first-order chi connectivity index (χ1) is 10.8. The molecule has 4 nitrogen and oxygen atoms in total. The number of halogens is 2. The van der Waals surface area contributed by atoms with Crippen LogP contribution in [0.5, 0.6) is 0 Å². The second kappa shape index (κ2) is 5.70. The first kappa shape index (κ1) is 16.1. The van der Waals surface area contributed by atoms with Crippen molar-refractivity contribution in [2.75, 3.05) is 6.26 Å². The third-order valence-electron chi connectivity index (χ3n) is 4.29. The molecule has 1 heterocycles. The average molecular weight is 341 g/mol. The molecule has 0 amide bonds. The molecule has 1 aromatic heterocycles. The van der Waals surface area contributed by atoms with Gasteiger partial charge in [-0.2, -0.15) is 0 Å². The number of nitrogens with zero attached hydrogens (tertiary/aromatic N) is 1. The summed E-state index contributed by atoms with van der Waals surface area (Å²) in [4.78, 5) is -0.905. The molecule has 0 N–H and O–H groups in total. The zero-order chi connectivity index (χ0) is 16.8. The Hall–Kier alpha value is -1.76. The molecule has 1 aromatic carbocycles. The number of aryl methyl sites for hydroxylation is 1. The number of hydrogen-bond acceptors (Lipinski definition) is 4. The van der Waals surface area contributed by atoms with Gasteiger partial charge in [0.15, 0.2) is 9.84 Å². The van der Waals surface area contributed by atoms with Crippen LogP contribution in [0, 0.1) is 18.6 Å². The summed E-state index contributed by atoms with van der Waals surface area (Å²) in [6, 6.07) is 2.08.